The Hall–Kier alpha value is -1.89. The number of pyridine rings is 1. The van der Waals surface area contributed by atoms with E-state index >= 15 is 0 Å². The molecule has 2 heterocycles. The molecule has 1 aliphatic carbocycles. The monoisotopic (exact) mass is 395 g/mol. The second-order valence-electron chi connectivity index (χ2n) is 7.94. The molecule has 0 spiro atoms. The SMILES string of the molecule is [2H]C([2H])(F)COCC(NC(=O)c1ccc(N2CCCC2)c(OCC2CC2)n1)C(C)C. The minimum Gasteiger partial charge on any atom is -0.476 e. The highest BCUT2D eigenvalue weighted by molar-refractivity contribution is 5.93. The number of hydrogen-bond donors (Lipinski definition) is 1. The topological polar surface area (TPSA) is 63.7 Å². The van der Waals surface area contributed by atoms with E-state index in [1.54, 1.807) is 6.07 Å². The van der Waals surface area contributed by atoms with Gasteiger partial charge in [0.1, 0.15) is 12.3 Å². The van der Waals surface area contributed by atoms with E-state index in [9.17, 15) is 9.18 Å². The molecule has 1 amide bonds. The van der Waals surface area contributed by atoms with Crippen LogP contribution < -0.4 is 15.0 Å². The largest absolute Gasteiger partial charge is 0.476 e. The standard InChI is InChI=1S/C21H32FN3O3/c1-15(2)18(14-27-12-9-22)23-20(26)17-7-8-19(25-10-3-4-11-25)21(24-17)28-13-16-5-6-16/h7-8,15-16,18H,3-6,9-14H2,1-2H3,(H,23,26)/i9D2. The second-order valence-corrected chi connectivity index (χ2v) is 7.94. The lowest BCUT2D eigenvalue weighted by Crippen LogP contribution is -2.42. The molecule has 0 aromatic carbocycles. The Morgan fingerprint density at radius 1 is 1.39 bits per heavy atom. The Labute approximate surface area is 169 Å². The van der Waals surface area contributed by atoms with E-state index in [1.165, 1.54) is 12.8 Å². The molecule has 6 nitrogen and oxygen atoms in total. The van der Waals surface area contributed by atoms with E-state index in [1.807, 2.05) is 19.9 Å². The van der Waals surface area contributed by atoms with Crippen molar-refractivity contribution in [2.45, 2.75) is 45.6 Å². The molecule has 1 N–H and O–H groups in total. The Kier molecular flexibility index (Phi) is 6.52. The lowest BCUT2D eigenvalue weighted by atomic mass is 10.1. The summed E-state index contributed by atoms with van der Waals surface area (Å²) in [6.45, 7) is 2.80. The summed E-state index contributed by atoms with van der Waals surface area (Å²) in [5.41, 5.74) is 1.19. The van der Waals surface area contributed by atoms with Crippen LogP contribution in [-0.4, -0.2) is 56.5 Å². The summed E-state index contributed by atoms with van der Waals surface area (Å²) in [4.78, 5) is 19.6. The number of ether oxygens (including phenoxy) is 2. The lowest BCUT2D eigenvalue weighted by Gasteiger charge is -2.23. The molecule has 1 atom stereocenters. The molecule has 156 valence electrons. The molecule has 28 heavy (non-hydrogen) atoms. The van der Waals surface area contributed by atoms with Crippen molar-refractivity contribution >= 4 is 11.6 Å². The van der Waals surface area contributed by atoms with E-state index in [-0.39, 0.29) is 24.1 Å². The van der Waals surface area contributed by atoms with Gasteiger partial charge in [-0.3, -0.25) is 4.79 Å². The minimum absolute atomic E-state index is 0.0176. The average molecular weight is 396 g/mol. The third-order valence-electron chi connectivity index (χ3n) is 5.25. The maximum absolute atomic E-state index is 13.0. The van der Waals surface area contributed by atoms with Gasteiger partial charge in [-0.2, -0.15) is 0 Å². The summed E-state index contributed by atoms with van der Waals surface area (Å²) in [5, 5.41) is 2.87. The fourth-order valence-electron chi connectivity index (χ4n) is 3.21. The van der Waals surface area contributed by atoms with Crippen LogP contribution in [0.2, 0.25) is 0 Å². The number of hydrogen-bond acceptors (Lipinski definition) is 5. The zero-order valence-electron chi connectivity index (χ0n) is 18.7. The van der Waals surface area contributed by atoms with Crippen molar-refractivity contribution < 1.29 is 21.4 Å². The summed E-state index contributed by atoms with van der Waals surface area (Å²) < 4.78 is 37.9. The number of aromatic nitrogens is 1. The maximum atomic E-state index is 13.0. The zero-order chi connectivity index (χ0) is 21.7. The average Bonchev–Trinajstić information content (AvgIpc) is 3.35. The van der Waals surface area contributed by atoms with Crippen molar-refractivity contribution in [3.8, 4) is 5.88 Å². The Balaban J connectivity index is 1.67. The van der Waals surface area contributed by atoms with E-state index in [0.717, 1.165) is 31.6 Å². The Morgan fingerprint density at radius 3 is 2.79 bits per heavy atom. The van der Waals surface area contributed by atoms with Gasteiger partial charge < -0.3 is 19.7 Å². The van der Waals surface area contributed by atoms with Crippen molar-refractivity contribution in [3.63, 3.8) is 0 Å². The van der Waals surface area contributed by atoms with Crippen LogP contribution in [0.3, 0.4) is 0 Å². The van der Waals surface area contributed by atoms with E-state index in [0.29, 0.717) is 18.4 Å². The van der Waals surface area contributed by atoms with E-state index in [4.69, 9.17) is 12.2 Å². The molecule has 7 heteroatoms. The quantitative estimate of drug-likeness (QED) is 0.623. The molecule has 1 aliphatic heterocycles. The van der Waals surface area contributed by atoms with Gasteiger partial charge in [0.05, 0.1) is 34.3 Å². The van der Waals surface area contributed by atoms with Crippen molar-refractivity contribution in [1.82, 2.24) is 10.3 Å². The fourth-order valence-corrected chi connectivity index (χ4v) is 3.21. The van der Waals surface area contributed by atoms with Gasteiger partial charge in [-0.05, 0) is 49.7 Å². The molecular formula is C21H32FN3O3. The first-order valence-corrected chi connectivity index (χ1v) is 10.2. The van der Waals surface area contributed by atoms with Gasteiger partial charge in [0, 0.05) is 13.1 Å². The first-order chi connectivity index (χ1) is 14.2. The van der Waals surface area contributed by atoms with Gasteiger partial charge in [0.2, 0.25) is 5.88 Å². The summed E-state index contributed by atoms with van der Waals surface area (Å²) in [5.74, 6) is 0.744. The highest BCUT2D eigenvalue weighted by Gasteiger charge is 2.25. The molecule has 0 bridgehead atoms. The second kappa shape index (κ2) is 10.0. The highest BCUT2D eigenvalue weighted by Crippen LogP contribution is 2.33. The number of alkyl halides is 1. The molecule has 1 saturated heterocycles. The van der Waals surface area contributed by atoms with Gasteiger partial charge >= 0.3 is 0 Å². The molecule has 2 aliphatic rings. The third-order valence-corrected chi connectivity index (χ3v) is 5.25. The third kappa shape index (κ3) is 5.80. The van der Waals surface area contributed by atoms with Crippen LogP contribution in [0.25, 0.3) is 0 Å². The van der Waals surface area contributed by atoms with Crippen molar-refractivity contribution in [2.75, 3.05) is 44.4 Å². The lowest BCUT2D eigenvalue weighted by molar-refractivity contribution is 0.0730. The molecule has 1 aromatic rings. The van der Waals surface area contributed by atoms with Crippen LogP contribution in [0.1, 0.15) is 52.8 Å². The summed E-state index contributed by atoms with van der Waals surface area (Å²) >= 11 is 0. The fraction of sp³-hybridized carbons (Fsp3) is 0.714. The summed E-state index contributed by atoms with van der Waals surface area (Å²) in [6.07, 6.45) is 4.62. The molecule has 1 unspecified atom stereocenters. The molecule has 1 aromatic heterocycles. The molecule has 0 radical (unpaired) electrons. The molecule has 3 rings (SSSR count). The van der Waals surface area contributed by atoms with Crippen LogP contribution in [0.15, 0.2) is 12.1 Å². The normalized spacial score (nSPS) is 19.4. The maximum Gasteiger partial charge on any atom is 0.270 e. The Morgan fingerprint density at radius 2 is 2.14 bits per heavy atom. The zero-order valence-corrected chi connectivity index (χ0v) is 16.7. The van der Waals surface area contributed by atoms with Crippen molar-refractivity contribution in [1.29, 1.82) is 0 Å². The van der Waals surface area contributed by atoms with E-state index in [2.05, 4.69) is 15.2 Å². The molecule has 1 saturated carbocycles. The summed E-state index contributed by atoms with van der Waals surface area (Å²) in [6, 6.07) is 3.20. The number of amides is 1. The van der Waals surface area contributed by atoms with E-state index < -0.39 is 19.3 Å². The van der Waals surface area contributed by atoms with Gasteiger partial charge in [0.25, 0.3) is 5.91 Å². The predicted octanol–water partition coefficient (Wildman–Crippen LogP) is 3.21. The smallest absolute Gasteiger partial charge is 0.270 e. The van der Waals surface area contributed by atoms with Gasteiger partial charge in [-0.15, -0.1) is 0 Å². The molecular weight excluding hydrogens is 361 g/mol. The number of nitrogens with zero attached hydrogens (tertiary/aromatic N) is 2. The van der Waals surface area contributed by atoms with Crippen LogP contribution in [-0.2, 0) is 4.74 Å². The number of halogens is 1. The van der Waals surface area contributed by atoms with Crippen LogP contribution in [0.4, 0.5) is 10.1 Å². The van der Waals surface area contributed by atoms with Crippen LogP contribution in [0, 0.1) is 11.8 Å². The van der Waals surface area contributed by atoms with Crippen molar-refractivity contribution in [3.05, 3.63) is 17.8 Å². The minimum atomic E-state index is -2.90. The molecule has 2 fully saturated rings. The van der Waals surface area contributed by atoms with Gasteiger partial charge in [-0.1, -0.05) is 13.8 Å². The summed E-state index contributed by atoms with van der Waals surface area (Å²) in [7, 11) is 0. The number of rotatable bonds is 11. The number of anilines is 1. The first kappa shape index (κ1) is 18.2. The number of carbonyl (C=O) groups excluding carboxylic acids is 1. The van der Waals surface area contributed by atoms with Crippen LogP contribution in [0.5, 0.6) is 5.88 Å². The first-order valence-electron chi connectivity index (χ1n) is 11.2. The highest BCUT2D eigenvalue weighted by atomic mass is 19.1. The van der Waals surface area contributed by atoms with Gasteiger partial charge in [0.15, 0.2) is 0 Å². The van der Waals surface area contributed by atoms with Gasteiger partial charge in [-0.25, -0.2) is 9.37 Å². The Bertz CT molecular complexity index is 720. The number of carbonyl (C=O) groups is 1. The van der Waals surface area contributed by atoms with Crippen LogP contribution >= 0.6 is 0 Å². The van der Waals surface area contributed by atoms with Crippen molar-refractivity contribution in [2.24, 2.45) is 11.8 Å². The predicted molar refractivity (Wildman–Crippen MR) is 107 cm³/mol. The number of nitrogens with one attached hydrogen (secondary N) is 1.